The third-order valence-corrected chi connectivity index (χ3v) is 2.69. The van der Waals surface area contributed by atoms with Gasteiger partial charge in [-0.05, 0) is 34.7 Å². The van der Waals surface area contributed by atoms with Crippen LogP contribution >= 0.6 is 22.6 Å². The SMILES string of the molecule is O=CC(=O)c1c[nH]c2cc(I)ccc12. The van der Waals surface area contributed by atoms with Crippen LogP contribution in [0.5, 0.6) is 0 Å². The summed E-state index contributed by atoms with van der Waals surface area (Å²) in [5.74, 6) is -0.488. The minimum absolute atomic E-state index is 0.334. The lowest BCUT2D eigenvalue weighted by atomic mass is 10.1. The van der Waals surface area contributed by atoms with Crippen molar-refractivity contribution in [2.75, 3.05) is 0 Å². The normalized spacial score (nSPS) is 10.4. The summed E-state index contributed by atoms with van der Waals surface area (Å²) in [6, 6.07) is 5.67. The number of aromatic amines is 1. The van der Waals surface area contributed by atoms with Gasteiger partial charge in [-0.2, -0.15) is 0 Å². The summed E-state index contributed by atoms with van der Waals surface area (Å²) in [4.78, 5) is 24.5. The Morgan fingerprint density at radius 1 is 1.43 bits per heavy atom. The van der Waals surface area contributed by atoms with E-state index in [0.29, 0.717) is 11.8 Å². The maximum Gasteiger partial charge on any atom is 0.227 e. The van der Waals surface area contributed by atoms with Crippen LogP contribution in [0.1, 0.15) is 10.4 Å². The number of H-pyrrole nitrogens is 1. The summed E-state index contributed by atoms with van der Waals surface area (Å²) in [7, 11) is 0. The van der Waals surface area contributed by atoms with Crippen molar-refractivity contribution >= 4 is 45.6 Å². The first kappa shape index (κ1) is 9.39. The fraction of sp³-hybridized carbons (Fsp3) is 0. The average Bonchev–Trinajstić information content (AvgIpc) is 2.59. The number of Topliss-reactive ketones (excluding diaryl/α,β-unsaturated/α-hetero) is 1. The second kappa shape index (κ2) is 3.53. The number of hydrogen-bond acceptors (Lipinski definition) is 2. The number of aromatic nitrogens is 1. The van der Waals surface area contributed by atoms with Gasteiger partial charge >= 0.3 is 0 Å². The molecular formula is C10H6INO2. The third-order valence-electron chi connectivity index (χ3n) is 2.02. The van der Waals surface area contributed by atoms with E-state index in [1.54, 1.807) is 6.20 Å². The molecule has 3 nitrogen and oxygen atoms in total. The van der Waals surface area contributed by atoms with Crippen LogP contribution in [-0.2, 0) is 4.79 Å². The van der Waals surface area contributed by atoms with E-state index in [-0.39, 0.29) is 0 Å². The van der Waals surface area contributed by atoms with Crippen LogP contribution in [0, 0.1) is 3.57 Å². The maximum atomic E-state index is 11.2. The van der Waals surface area contributed by atoms with Gasteiger partial charge in [0, 0.05) is 20.7 Å². The van der Waals surface area contributed by atoms with Crippen LogP contribution in [0.2, 0.25) is 0 Å². The van der Waals surface area contributed by atoms with Crippen LogP contribution in [0.4, 0.5) is 0 Å². The second-order valence-corrected chi connectivity index (χ2v) is 4.12. The molecule has 0 fully saturated rings. The number of fused-ring (bicyclic) bond motifs is 1. The molecule has 0 saturated heterocycles. The molecule has 0 aliphatic heterocycles. The molecular weight excluding hydrogens is 293 g/mol. The Labute approximate surface area is 93.6 Å². The summed E-state index contributed by atoms with van der Waals surface area (Å²) < 4.78 is 1.09. The highest BCUT2D eigenvalue weighted by atomic mass is 127. The summed E-state index contributed by atoms with van der Waals surface area (Å²) in [5.41, 5.74) is 1.31. The molecule has 0 radical (unpaired) electrons. The van der Waals surface area contributed by atoms with Crippen molar-refractivity contribution in [1.29, 1.82) is 0 Å². The molecule has 1 N–H and O–H groups in total. The fourth-order valence-corrected chi connectivity index (χ4v) is 1.86. The zero-order valence-electron chi connectivity index (χ0n) is 7.08. The summed E-state index contributed by atoms with van der Waals surface area (Å²) in [5, 5.41) is 0.794. The Morgan fingerprint density at radius 3 is 2.93 bits per heavy atom. The first-order chi connectivity index (χ1) is 6.72. The van der Waals surface area contributed by atoms with Crippen LogP contribution < -0.4 is 0 Å². The van der Waals surface area contributed by atoms with Crippen LogP contribution in [-0.4, -0.2) is 17.1 Å². The molecule has 0 saturated carbocycles. The van der Waals surface area contributed by atoms with E-state index >= 15 is 0 Å². The van der Waals surface area contributed by atoms with Crippen LogP contribution in [0.3, 0.4) is 0 Å². The van der Waals surface area contributed by atoms with Crippen molar-refractivity contribution in [2.45, 2.75) is 0 Å². The molecule has 0 atom stereocenters. The number of carbonyl (C=O) groups excluding carboxylic acids is 2. The van der Waals surface area contributed by atoms with Crippen molar-refractivity contribution in [3.05, 3.63) is 33.5 Å². The van der Waals surface area contributed by atoms with Gasteiger partial charge in [0.15, 0.2) is 6.29 Å². The van der Waals surface area contributed by atoms with E-state index in [1.165, 1.54) is 0 Å². The fourth-order valence-electron chi connectivity index (χ4n) is 1.37. The van der Waals surface area contributed by atoms with Crippen molar-refractivity contribution in [3.63, 3.8) is 0 Å². The number of carbonyl (C=O) groups is 2. The van der Waals surface area contributed by atoms with E-state index in [4.69, 9.17) is 0 Å². The molecule has 0 unspecified atom stereocenters. The van der Waals surface area contributed by atoms with Crippen molar-refractivity contribution in [3.8, 4) is 0 Å². The Balaban J connectivity index is 2.69. The highest BCUT2D eigenvalue weighted by molar-refractivity contribution is 14.1. The average molecular weight is 299 g/mol. The van der Waals surface area contributed by atoms with Gasteiger partial charge in [0.25, 0.3) is 0 Å². The number of aldehydes is 1. The summed E-state index contributed by atoms with van der Waals surface area (Å²) >= 11 is 2.19. The predicted molar refractivity (Wildman–Crippen MR) is 61.4 cm³/mol. The first-order valence-corrected chi connectivity index (χ1v) is 5.06. The van der Waals surface area contributed by atoms with Gasteiger partial charge < -0.3 is 4.98 Å². The molecule has 1 heterocycles. The monoisotopic (exact) mass is 299 g/mol. The lowest BCUT2D eigenvalue weighted by molar-refractivity contribution is -0.104. The molecule has 0 aliphatic carbocycles. The van der Waals surface area contributed by atoms with Gasteiger partial charge in [0.05, 0.1) is 5.56 Å². The van der Waals surface area contributed by atoms with Crippen molar-refractivity contribution in [2.24, 2.45) is 0 Å². The largest absolute Gasteiger partial charge is 0.360 e. The maximum absolute atomic E-state index is 11.2. The lowest BCUT2D eigenvalue weighted by Gasteiger charge is -1.92. The number of hydrogen-bond donors (Lipinski definition) is 1. The zero-order chi connectivity index (χ0) is 10.1. The van der Waals surface area contributed by atoms with E-state index < -0.39 is 5.78 Å². The highest BCUT2D eigenvalue weighted by Crippen LogP contribution is 2.20. The molecule has 2 rings (SSSR count). The standard InChI is InChI=1S/C10H6INO2/c11-6-1-2-7-8(10(14)5-13)4-12-9(7)3-6/h1-5,12H. The Hall–Kier alpha value is -1.17. The van der Waals surface area contributed by atoms with Gasteiger partial charge in [0.2, 0.25) is 5.78 Å². The molecule has 0 aliphatic rings. The molecule has 70 valence electrons. The summed E-state index contributed by atoms with van der Waals surface area (Å²) in [6.45, 7) is 0. The first-order valence-electron chi connectivity index (χ1n) is 3.98. The van der Waals surface area contributed by atoms with Crippen molar-refractivity contribution in [1.82, 2.24) is 4.98 Å². The summed E-state index contributed by atoms with van der Waals surface area (Å²) in [6.07, 6.45) is 1.90. The number of ketones is 1. The zero-order valence-corrected chi connectivity index (χ0v) is 9.24. The third kappa shape index (κ3) is 1.45. The smallest absolute Gasteiger partial charge is 0.227 e. The van der Waals surface area contributed by atoms with Crippen LogP contribution in [0.15, 0.2) is 24.4 Å². The molecule has 1 aromatic carbocycles. The Morgan fingerprint density at radius 2 is 2.21 bits per heavy atom. The Bertz CT molecular complexity index is 516. The molecule has 14 heavy (non-hydrogen) atoms. The second-order valence-electron chi connectivity index (χ2n) is 2.87. The van der Waals surface area contributed by atoms with Gasteiger partial charge in [-0.3, -0.25) is 9.59 Å². The quantitative estimate of drug-likeness (QED) is 0.400. The van der Waals surface area contributed by atoms with Gasteiger partial charge in [-0.1, -0.05) is 6.07 Å². The molecule has 4 heteroatoms. The van der Waals surface area contributed by atoms with Gasteiger partial charge in [-0.25, -0.2) is 0 Å². The van der Waals surface area contributed by atoms with Gasteiger partial charge in [-0.15, -0.1) is 0 Å². The number of benzene rings is 1. The molecule has 0 amide bonds. The van der Waals surface area contributed by atoms with E-state index in [2.05, 4.69) is 27.6 Å². The molecule has 1 aromatic heterocycles. The van der Waals surface area contributed by atoms with E-state index in [1.807, 2.05) is 18.2 Å². The number of halogens is 1. The lowest BCUT2D eigenvalue weighted by Crippen LogP contribution is -1.97. The van der Waals surface area contributed by atoms with Crippen molar-refractivity contribution < 1.29 is 9.59 Å². The van der Waals surface area contributed by atoms with Gasteiger partial charge in [0.1, 0.15) is 0 Å². The highest BCUT2D eigenvalue weighted by Gasteiger charge is 2.10. The number of nitrogens with one attached hydrogen (secondary N) is 1. The molecule has 0 bridgehead atoms. The molecule has 2 aromatic rings. The topological polar surface area (TPSA) is 49.9 Å². The number of rotatable bonds is 2. The van der Waals surface area contributed by atoms with E-state index in [0.717, 1.165) is 14.5 Å². The Kier molecular flexibility index (Phi) is 2.37. The molecule has 0 spiro atoms. The van der Waals surface area contributed by atoms with E-state index in [9.17, 15) is 9.59 Å². The van der Waals surface area contributed by atoms with Crippen LogP contribution in [0.25, 0.3) is 10.9 Å². The minimum atomic E-state index is -0.488. The minimum Gasteiger partial charge on any atom is -0.360 e. The predicted octanol–water partition coefficient (Wildman–Crippen LogP) is 2.15.